The number of halogens is 1. The molecule has 0 amide bonds. The van der Waals surface area contributed by atoms with Gasteiger partial charge in [0.15, 0.2) is 0 Å². The van der Waals surface area contributed by atoms with Crippen LogP contribution < -0.4 is 0 Å². The van der Waals surface area contributed by atoms with E-state index in [2.05, 4.69) is 15.0 Å². The minimum Gasteiger partial charge on any atom is -0.282 e. The first-order valence-electron chi connectivity index (χ1n) is 9.80. The molecule has 1 aliphatic rings. The van der Waals surface area contributed by atoms with Crippen LogP contribution in [0.1, 0.15) is 11.4 Å². The zero-order valence-electron chi connectivity index (χ0n) is 16.7. The van der Waals surface area contributed by atoms with Gasteiger partial charge in [0.25, 0.3) is 0 Å². The number of rotatable bonds is 6. The Morgan fingerprint density at radius 3 is 2.39 bits per heavy atom. The summed E-state index contributed by atoms with van der Waals surface area (Å²) in [7, 11) is -3.61. The van der Waals surface area contributed by atoms with E-state index in [-0.39, 0.29) is 9.92 Å². The molecule has 0 radical (unpaired) electrons. The molecule has 1 aliphatic heterocycles. The molecule has 0 saturated carbocycles. The van der Waals surface area contributed by atoms with E-state index in [1.165, 1.54) is 4.31 Å². The lowest BCUT2D eigenvalue weighted by atomic mass is 10.2. The van der Waals surface area contributed by atoms with E-state index in [0.717, 1.165) is 5.56 Å². The predicted octanol–water partition coefficient (Wildman–Crippen LogP) is 3.73. The second-order valence-electron chi connectivity index (χ2n) is 7.16. The summed E-state index contributed by atoms with van der Waals surface area (Å²) in [5.74, 6) is 0.675. The Morgan fingerprint density at radius 2 is 1.68 bits per heavy atom. The van der Waals surface area contributed by atoms with Crippen LogP contribution in [0, 0.1) is 4.77 Å². The lowest BCUT2D eigenvalue weighted by Gasteiger charge is -2.33. The van der Waals surface area contributed by atoms with Crippen LogP contribution in [0.5, 0.6) is 0 Å². The molecule has 31 heavy (non-hydrogen) atoms. The van der Waals surface area contributed by atoms with Gasteiger partial charge in [0.05, 0.1) is 11.7 Å². The highest BCUT2D eigenvalue weighted by Crippen LogP contribution is 2.25. The molecule has 0 bridgehead atoms. The van der Waals surface area contributed by atoms with Crippen LogP contribution in [-0.4, -0.2) is 58.6 Å². The van der Waals surface area contributed by atoms with Crippen LogP contribution in [0.15, 0.2) is 59.5 Å². The maximum absolute atomic E-state index is 12.9. The molecule has 1 aromatic heterocycles. The molecule has 1 saturated heterocycles. The molecule has 4 rings (SSSR count). The molecule has 2 aromatic carbocycles. The Bertz CT molecular complexity index is 1230. The summed E-state index contributed by atoms with van der Waals surface area (Å²) in [4.78, 5) is 6.67. The van der Waals surface area contributed by atoms with Gasteiger partial charge in [0.1, 0.15) is 10.7 Å². The van der Waals surface area contributed by atoms with E-state index in [4.69, 9.17) is 23.8 Å². The smallest absolute Gasteiger partial charge is 0.244 e. The minimum absolute atomic E-state index is 0.149. The Kier molecular flexibility index (Phi) is 6.68. The van der Waals surface area contributed by atoms with Gasteiger partial charge in [-0.25, -0.2) is 13.1 Å². The predicted molar refractivity (Wildman–Crippen MR) is 125 cm³/mol. The number of hydrogen-bond acceptors (Lipinski definition) is 5. The number of aromatic amines is 1. The second-order valence-corrected chi connectivity index (χ2v) is 9.84. The highest BCUT2D eigenvalue weighted by Gasteiger charge is 2.30. The third-order valence-corrected chi connectivity index (χ3v) is 7.77. The van der Waals surface area contributed by atoms with E-state index >= 15 is 0 Å². The topological polar surface area (TPSA) is 74.2 Å². The maximum atomic E-state index is 12.9. The van der Waals surface area contributed by atoms with Gasteiger partial charge in [-0.3, -0.25) is 10.00 Å². The molecular weight excluding hydrogens is 454 g/mol. The van der Waals surface area contributed by atoms with Gasteiger partial charge in [0.2, 0.25) is 14.8 Å². The molecule has 2 heterocycles. The number of aromatic nitrogens is 3. The lowest BCUT2D eigenvalue weighted by Crippen LogP contribution is -2.49. The van der Waals surface area contributed by atoms with E-state index in [0.29, 0.717) is 43.4 Å². The van der Waals surface area contributed by atoms with Crippen molar-refractivity contribution in [3.8, 4) is 0 Å². The number of nitrogens with one attached hydrogen (secondary N) is 1. The van der Waals surface area contributed by atoms with Gasteiger partial charge in [0, 0.05) is 26.2 Å². The van der Waals surface area contributed by atoms with Crippen molar-refractivity contribution in [2.45, 2.75) is 11.6 Å². The van der Waals surface area contributed by atoms with Crippen LogP contribution in [0.3, 0.4) is 0 Å². The number of benzene rings is 2. The fourth-order valence-electron chi connectivity index (χ4n) is 3.39. The van der Waals surface area contributed by atoms with Crippen molar-refractivity contribution in [3.63, 3.8) is 0 Å². The van der Waals surface area contributed by atoms with Crippen molar-refractivity contribution in [1.82, 2.24) is 24.0 Å². The van der Waals surface area contributed by atoms with Crippen LogP contribution in [-0.2, 0) is 16.7 Å². The molecule has 10 heteroatoms. The fraction of sp³-hybridized carbons (Fsp3) is 0.238. The van der Waals surface area contributed by atoms with Gasteiger partial charge < -0.3 is 0 Å². The van der Waals surface area contributed by atoms with Crippen molar-refractivity contribution >= 4 is 46.0 Å². The first-order valence-corrected chi connectivity index (χ1v) is 12.0. The second kappa shape index (κ2) is 9.46. The SMILES string of the molecule is O=S(=O)(c1ccccc1Cl)N1CCN(Cn2[nH]c(C=Cc3ccccc3)nc2=S)CC1. The molecule has 162 valence electrons. The summed E-state index contributed by atoms with van der Waals surface area (Å²) in [6.07, 6.45) is 3.85. The van der Waals surface area contributed by atoms with Crippen LogP contribution >= 0.6 is 23.8 Å². The first-order chi connectivity index (χ1) is 14.9. The lowest BCUT2D eigenvalue weighted by molar-refractivity contribution is 0.145. The van der Waals surface area contributed by atoms with Crippen molar-refractivity contribution in [2.24, 2.45) is 0 Å². The Labute approximate surface area is 191 Å². The summed E-state index contributed by atoms with van der Waals surface area (Å²) in [6.45, 7) is 2.45. The van der Waals surface area contributed by atoms with Crippen molar-refractivity contribution in [1.29, 1.82) is 0 Å². The highest BCUT2D eigenvalue weighted by atomic mass is 35.5. The summed E-state index contributed by atoms with van der Waals surface area (Å²) in [5.41, 5.74) is 1.08. The largest absolute Gasteiger partial charge is 0.282 e. The average molecular weight is 476 g/mol. The average Bonchev–Trinajstić information content (AvgIpc) is 3.13. The molecule has 1 fully saturated rings. The Balaban J connectivity index is 1.38. The Morgan fingerprint density at radius 1 is 1.00 bits per heavy atom. The van der Waals surface area contributed by atoms with Crippen molar-refractivity contribution in [2.75, 3.05) is 26.2 Å². The normalized spacial score (nSPS) is 16.2. The third-order valence-electron chi connectivity index (χ3n) is 5.06. The van der Waals surface area contributed by atoms with Gasteiger partial charge in [-0.05, 0) is 36.0 Å². The fourth-order valence-corrected chi connectivity index (χ4v) is 5.51. The first kappa shape index (κ1) is 21.9. The molecule has 0 unspecified atom stereocenters. The zero-order valence-corrected chi connectivity index (χ0v) is 19.1. The van der Waals surface area contributed by atoms with Crippen molar-refractivity contribution in [3.05, 3.63) is 75.8 Å². The Hall–Kier alpha value is -2.30. The number of hydrogen-bond donors (Lipinski definition) is 1. The number of nitrogens with zero attached hydrogens (tertiary/aromatic N) is 4. The van der Waals surface area contributed by atoms with Crippen LogP contribution in [0.2, 0.25) is 5.02 Å². The van der Waals surface area contributed by atoms with Gasteiger partial charge >= 0.3 is 0 Å². The minimum atomic E-state index is -3.61. The van der Waals surface area contributed by atoms with E-state index in [9.17, 15) is 8.42 Å². The third kappa shape index (κ3) is 5.13. The molecule has 0 aliphatic carbocycles. The molecular formula is C21H22ClN5O2S2. The van der Waals surface area contributed by atoms with E-state index in [1.807, 2.05) is 42.5 Å². The molecule has 7 nitrogen and oxygen atoms in total. The monoisotopic (exact) mass is 475 g/mol. The summed E-state index contributed by atoms with van der Waals surface area (Å²) >= 11 is 11.5. The number of piperazine rings is 1. The van der Waals surface area contributed by atoms with Gasteiger partial charge in [-0.1, -0.05) is 60.1 Å². The number of H-pyrrole nitrogens is 1. The van der Waals surface area contributed by atoms with Gasteiger partial charge in [-0.15, -0.1) is 0 Å². The van der Waals surface area contributed by atoms with Gasteiger partial charge in [-0.2, -0.15) is 9.29 Å². The molecule has 1 N–H and O–H groups in total. The van der Waals surface area contributed by atoms with Crippen LogP contribution in [0.4, 0.5) is 0 Å². The maximum Gasteiger partial charge on any atom is 0.244 e. The summed E-state index contributed by atoms with van der Waals surface area (Å²) in [5, 5.41) is 3.44. The molecule has 0 atom stereocenters. The quantitative estimate of drug-likeness (QED) is 0.550. The highest BCUT2D eigenvalue weighted by molar-refractivity contribution is 7.89. The van der Waals surface area contributed by atoms with Crippen LogP contribution in [0.25, 0.3) is 12.2 Å². The summed E-state index contributed by atoms with van der Waals surface area (Å²) < 4.78 is 29.5. The molecule has 3 aromatic rings. The summed E-state index contributed by atoms with van der Waals surface area (Å²) in [6, 6.07) is 16.5. The van der Waals surface area contributed by atoms with E-state index in [1.54, 1.807) is 28.9 Å². The molecule has 0 spiro atoms. The number of sulfonamides is 1. The van der Waals surface area contributed by atoms with Crippen molar-refractivity contribution < 1.29 is 8.42 Å². The zero-order chi connectivity index (χ0) is 21.8. The van der Waals surface area contributed by atoms with E-state index < -0.39 is 10.0 Å². The standard InChI is InChI=1S/C21H22ClN5O2S2/c22-18-8-4-5-9-19(18)31(28,29)26-14-12-25(13-15-26)16-27-21(30)23-20(24-27)11-10-17-6-2-1-3-7-17/h1-11H,12-16H2,(H,23,24,30).